The van der Waals surface area contributed by atoms with Crippen molar-refractivity contribution in [2.45, 2.75) is 24.2 Å². The smallest absolute Gasteiger partial charge is 0.285 e. The molecule has 0 radical (unpaired) electrons. The van der Waals surface area contributed by atoms with Gasteiger partial charge in [-0.05, 0) is 49.1 Å². The zero-order valence-electron chi connectivity index (χ0n) is 16.1. The van der Waals surface area contributed by atoms with E-state index in [4.69, 9.17) is 0 Å². The summed E-state index contributed by atoms with van der Waals surface area (Å²) in [5.41, 5.74) is 1.09. The van der Waals surface area contributed by atoms with Gasteiger partial charge in [-0.1, -0.05) is 12.1 Å². The third-order valence-electron chi connectivity index (χ3n) is 5.41. The Labute approximate surface area is 173 Å². The van der Waals surface area contributed by atoms with Gasteiger partial charge < -0.3 is 10.2 Å². The van der Waals surface area contributed by atoms with E-state index in [0.717, 1.165) is 6.07 Å². The molecule has 2 aromatic carbocycles. The lowest BCUT2D eigenvalue weighted by molar-refractivity contribution is -0.126. The predicted molar refractivity (Wildman–Crippen MR) is 108 cm³/mol. The minimum absolute atomic E-state index is 0.104. The molecule has 30 heavy (non-hydrogen) atoms. The maximum atomic E-state index is 13.2. The summed E-state index contributed by atoms with van der Waals surface area (Å²) in [5, 5.41) is 2.82. The zero-order chi connectivity index (χ0) is 21.3. The van der Waals surface area contributed by atoms with Gasteiger partial charge in [0, 0.05) is 37.2 Å². The maximum absolute atomic E-state index is 13.2. The van der Waals surface area contributed by atoms with E-state index < -0.39 is 21.7 Å². The Bertz CT molecular complexity index is 1090. The fourth-order valence-corrected chi connectivity index (χ4v) is 5.13. The van der Waals surface area contributed by atoms with Crippen LogP contribution in [0.2, 0.25) is 0 Å². The lowest BCUT2D eigenvalue weighted by atomic mass is 9.95. The molecule has 9 heteroatoms. The highest BCUT2D eigenvalue weighted by molar-refractivity contribution is 7.90. The van der Waals surface area contributed by atoms with Crippen LogP contribution in [0.3, 0.4) is 0 Å². The molecule has 1 amide bonds. The lowest BCUT2D eigenvalue weighted by Gasteiger charge is -2.32. The number of carbonyl (C=O) groups excluding carboxylic acids is 1. The van der Waals surface area contributed by atoms with Crippen molar-refractivity contribution in [1.82, 2.24) is 10.2 Å². The van der Waals surface area contributed by atoms with E-state index in [1.807, 2.05) is 4.90 Å². The lowest BCUT2D eigenvalue weighted by Crippen LogP contribution is -2.43. The minimum Gasteiger partial charge on any atom is -0.356 e. The van der Waals surface area contributed by atoms with Gasteiger partial charge in [0.1, 0.15) is 16.5 Å². The van der Waals surface area contributed by atoms with Gasteiger partial charge in [0.05, 0.1) is 0 Å². The standard InChI is InChI=1S/C21H21F2N3O3S/c22-16-11-14(12-17(23)13-16)5-8-24-21(27)15-6-9-26(10-7-15)20-18-3-1-2-4-19(18)30(28,29)25-20/h1-4,11-13,15H,5-10H2,(H,24,27). The molecule has 2 aliphatic heterocycles. The Hall–Kier alpha value is -2.81. The molecule has 158 valence electrons. The van der Waals surface area contributed by atoms with Crippen LogP contribution < -0.4 is 5.32 Å². The van der Waals surface area contributed by atoms with Gasteiger partial charge in [-0.15, -0.1) is 4.40 Å². The number of nitrogens with zero attached hydrogens (tertiary/aromatic N) is 2. The number of carbonyl (C=O) groups is 1. The molecular formula is C21H21F2N3O3S. The first-order valence-corrected chi connectivity index (χ1v) is 11.2. The Kier molecular flexibility index (Phi) is 5.55. The minimum atomic E-state index is -3.66. The molecular weight excluding hydrogens is 412 g/mol. The number of rotatable bonds is 4. The number of amidine groups is 1. The fourth-order valence-electron chi connectivity index (χ4n) is 3.90. The van der Waals surface area contributed by atoms with E-state index in [0.29, 0.717) is 55.9 Å². The number of fused-ring (bicyclic) bond motifs is 1. The first kappa shape index (κ1) is 20.5. The molecule has 1 saturated heterocycles. The van der Waals surface area contributed by atoms with Crippen molar-refractivity contribution >= 4 is 21.8 Å². The molecule has 0 unspecified atom stereocenters. The van der Waals surface area contributed by atoms with Crippen LogP contribution in [0, 0.1) is 17.6 Å². The molecule has 6 nitrogen and oxygen atoms in total. The highest BCUT2D eigenvalue weighted by Gasteiger charge is 2.34. The van der Waals surface area contributed by atoms with Crippen molar-refractivity contribution < 1.29 is 22.0 Å². The Morgan fingerprint density at radius 2 is 1.77 bits per heavy atom. The van der Waals surface area contributed by atoms with Crippen molar-refractivity contribution in [2.24, 2.45) is 10.3 Å². The van der Waals surface area contributed by atoms with E-state index in [-0.39, 0.29) is 16.7 Å². The largest absolute Gasteiger partial charge is 0.356 e. The van der Waals surface area contributed by atoms with Crippen LogP contribution >= 0.6 is 0 Å². The number of nitrogens with one attached hydrogen (secondary N) is 1. The molecule has 0 saturated carbocycles. The van der Waals surface area contributed by atoms with Gasteiger partial charge in [-0.3, -0.25) is 4.79 Å². The van der Waals surface area contributed by atoms with E-state index >= 15 is 0 Å². The molecule has 0 aliphatic carbocycles. The van der Waals surface area contributed by atoms with E-state index in [9.17, 15) is 22.0 Å². The number of benzene rings is 2. The number of halogens is 2. The van der Waals surface area contributed by atoms with E-state index in [2.05, 4.69) is 9.71 Å². The second-order valence-corrected chi connectivity index (χ2v) is 9.04. The topological polar surface area (TPSA) is 78.8 Å². The molecule has 1 fully saturated rings. The second kappa shape index (κ2) is 8.14. The average molecular weight is 433 g/mol. The molecule has 0 spiro atoms. The highest BCUT2D eigenvalue weighted by atomic mass is 32.2. The van der Waals surface area contributed by atoms with Crippen LogP contribution in [0.4, 0.5) is 8.78 Å². The number of amides is 1. The van der Waals surface area contributed by atoms with Crippen LogP contribution in [0.25, 0.3) is 0 Å². The molecule has 0 bridgehead atoms. The normalized spacial score (nSPS) is 18.1. The van der Waals surface area contributed by atoms with E-state index in [1.54, 1.807) is 24.3 Å². The van der Waals surface area contributed by atoms with Crippen LogP contribution in [-0.4, -0.2) is 44.7 Å². The van der Waals surface area contributed by atoms with Crippen molar-refractivity contribution in [3.63, 3.8) is 0 Å². The average Bonchev–Trinajstić information content (AvgIpc) is 2.99. The van der Waals surface area contributed by atoms with Crippen molar-refractivity contribution in [3.05, 3.63) is 65.2 Å². The number of hydrogen-bond donors (Lipinski definition) is 1. The highest BCUT2D eigenvalue weighted by Crippen LogP contribution is 2.29. The molecule has 2 heterocycles. The molecule has 4 rings (SSSR count). The Morgan fingerprint density at radius 3 is 2.47 bits per heavy atom. The van der Waals surface area contributed by atoms with Crippen LogP contribution in [0.15, 0.2) is 51.8 Å². The monoisotopic (exact) mass is 433 g/mol. The van der Waals surface area contributed by atoms with Gasteiger partial charge in [-0.25, -0.2) is 8.78 Å². The summed E-state index contributed by atoms with van der Waals surface area (Å²) in [5.74, 6) is -1.13. The third kappa shape index (κ3) is 4.21. The van der Waals surface area contributed by atoms with Gasteiger partial charge >= 0.3 is 0 Å². The summed E-state index contributed by atoms with van der Waals surface area (Å²) in [4.78, 5) is 14.6. The van der Waals surface area contributed by atoms with Gasteiger partial charge in [0.25, 0.3) is 10.0 Å². The molecule has 2 aromatic rings. The molecule has 2 aliphatic rings. The maximum Gasteiger partial charge on any atom is 0.285 e. The van der Waals surface area contributed by atoms with Crippen LogP contribution in [0.1, 0.15) is 24.0 Å². The summed E-state index contributed by atoms with van der Waals surface area (Å²) >= 11 is 0. The molecule has 0 aromatic heterocycles. The van der Waals surface area contributed by atoms with Gasteiger partial charge in [-0.2, -0.15) is 8.42 Å². The summed E-state index contributed by atoms with van der Waals surface area (Å²) in [6, 6.07) is 10.1. The van der Waals surface area contributed by atoms with E-state index in [1.165, 1.54) is 12.1 Å². The van der Waals surface area contributed by atoms with Crippen LogP contribution in [0.5, 0.6) is 0 Å². The van der Waals surface area contributed by atoms with Crippen molar-refractivity contribution in [1.29, 1.82) is 0 Å². The number of likely N-dealkylation sites (tertiary alicyclic amines) is 1. The quantitative estimate of drug-likeness (QED) is 0.804. The Morgan fingerprint density at radius 1 is 1.10 bits per heavy atom. The first-order valence-electron chi connectivity index (χ1n) is 9.75. The summed E-state index contributed by atoms with van der Waals surface area (Å²) in [6.45, 7) is 1.34. The SMILES string of the molecule is O=C(NCCc1cc(F)cc(F)c1)C1CCN(C2=NS(=O)(=O)c3ccccc32)CC1. The summed E-state index contributed by atoms with van der Waals surface area (Å²) in [6.07, 6.45) is 1.48. The predicted octanol–water partition coefficient (Wildman–Crippen LogP) is 2.48. The number of hydrogen-bond acceptors (Lipinski definition) is 4. The van der Waals surface area contributed by atoms with Gasteiger partial charge in [0.15, 0.2) is 5.84 Å². The molecule has 0 atom stereocenters. The third-order valence-corrected chi connectivity index (χ3v) is 6.74. The van der Waals surface area contributed by atoms with Gasteiger partial charge in [0.2, 0.25) is 5.91 Å². The first-order chi connectivity index (χ1) is 14.3. The summed E-state index contributed by atoms with van der Waals surface area (Å²) in [7, 11) is -3.66. The second-order valence-electron chi connectivity index (χ2n) is 7.47. The van der Waals surface area contributed by atoms with Crippen LogP contribution in [-0.2, 0) is 21.2 Å². The van der Waals surface area contributed by atoms with Crippen molar-refractivity contribution in [3.8, 4) is 0 Å². The van der Waals surface area contributed by atoms with Crippen molar-refractivity contribution in [2.75, 3.05) is 19.6 Å². The summed E-state index contributed by atoms with van der Waals surface area (Å²) < 4.78 is 54.9. The molecule has 1 N–H and O–H groups in total. The zero-order valence-corrected chi connectivity index (χ0v) is 17.0. The number of sulfonamides is 1. The number of piperidine rings is 1. The Balaban J connectivity index is 1.31. The fraction of sp³-hybridized carbons (Fsp3) is 0.333.